The van der Waals surface area contributed by atoms with Crippen LogP contribution in [0.1, 0.15) is 11.1 Å². The molecule has 3 heterocycles. The molecule has 4 nitrogen and oxygen atoms in total. The summed E-state index contributed by atoms with van der Waals surface area (Å²) in [4.78, 5) is 13.7. The Hall–Kier alpha value is -2.32. The van der Waals surface area contributed by atoms with Crippen LogP contribution in [0.5, 0.6) is 0 Å². The van der Waals surface area contributed by atoms with E-state index in [9.17, 15) is 8.78 Å². The summed E-state index contributed by atoms with van der Waals surface area (Å²) in [6, 6.07) is 6.53. The zero-order valence-corrected chi connectivity index (χ0v) is 17.1. The molecule has 144 valence electrons. The van der Waals surface area contributed by atoms with Crippen LogP contribution in [-0.2, 0) is 0 Å². The molecule has 0 radical (unpaired) electrons. The summed E-state index contributed by atoms with van der Waals surface area (Å²) >= 11 is 3.06. The van der Waals surface area contributed by atoms with Crippen molar-refractivity contribution in [2.45, 2.75) is 13.8 Å². The van der Waals surface area contributed by atoms with Gasteiger partial charge in [0.05, 0.1) is 14.9 Å². The number of piperazine rings is 1. The maximum atomic E-state index is 13.9. The third kappa shape index (κ3) is 2.91. The monoisotopic (exact) mass is 416 g/mol. The molecular formula is C20H18F2N4S2. The van der Waals surface area contributed by atoms with E-state index in [2.05, 4.69) is 40.8 Å². The molecule has 28 heavy (non-hydrogen) atoms. The average Bonchev–Trinajstić information content (AvgIpc) is 3.30. The van der Waals surface area contributed by atoms with Gasteiger partial charge < -0.3 is 9.80 Å². The Balaban J connectivity index is 1.36. The number of rotatable bonds is 2. The lowest BCUT2D eigenvalue weighted by Gasteiger charge is -2.34. The highest BCUT2D eigenvalue weighted by atomic mass is 32.1. The third-order valence-electron chi connectivity index (χ3n) is 5.30. The van der Waals surface area contributed by atoms with E-state index in [1.165, 1.54) is 33.2 Å². The summed E-state index contributed by atoms with van der Waals surface area (Å²) in [6.45, 7) is 7.43. The molecule has 0 saturated carbocycles. The maximum Gasteiger partial charge on any atom is 0.186 e. The number of halogens is 2. The fourth-order valence-electron chi connectivity index (χ4n) is 3.52. The molecule has 0 amide bonds. The number of aryl methyl sites for hydroxylation is 2. The molecule has 8 heteroatoms. The van der Waals surface area contributed by atoms with Crippen LogP contribution in [0.3, 0.4) is 0 Å². The molecule has 0 aliphatic carbocycles. The summed E-state index contributed by atoms with van der Waals surface area (Å²) in [6.07, 6.45) is 0. The van der Waals surface area contributed by atoms with Crippen LogP contribution >= 0.6 is 22.7 Å². The van der Waals surface area contributed by atoms with Gasteiger partial charge in [0.25, 0.3) is 0 Å². The number of hydrogen-bond acceptors (Lipinski definition) is 6. The molecule has 0 unspecified atom stereocenters. The Morgan fingerprint density at radius 3 is 2.11 bits per heavy atom. The van der Waals surface area contributed by atoms with E-state index in [1.807, 2.05) is 0 Å². The van der Waals surface area contributed by atoms with Crippen molar-refractivity contribution >= 4 is 53.4 Å². The number of fused-ring (bicyclic) bond motifs is 2. The van der Waals surface area contributed by atoms with Crippen LogP contribution in [0.4, 0.5) is 19.0 Å². The van der Waals surface area contributed by atoms with E-state index in [1.54, 1.807) is 11.3 Å². The van der Waals surface area contributed by atoms with Crippen LogP contribution in [0.15, 0.2) is 24.3 Å². The second-order valence-electron chi connectivity index (χ2n) is 7.06. The average molecular weight is 417 g/mol. The first-order valence-electron chi connectivity index (χ1n) is 9.12. The van der Waals surface area contributed by atoms with Crippen LogP contribution in [-0.4, -0.2) is 36.1 Å². The largest absolute Gasteiger partial charge is 0.345 e. The lowest BCUT2D eigenvalue weighted by Crippen LogP contribution is -2.46. The maximum absolute atomic E-state index is 13.9. The van der Waals surface area contributed by atoms with Crippen molar-refractivity contribution in [1.29, 1.82) is 0 Å². The fraction of sp³-hybridized carbons (Fsp3) is 0.300. The van der Waals surface area contributed by atoms with Gasteiger partial charge >= 0.3 is 0 Å². The minimum absolute atomic E-state index is 0.251. The van der Waals surface area contributed by atoms with Crippen molar-refractivity contribution in [3.05, 3.63) is 47.0 Å². The number of hydrogen-bond donors (Lipinski definition) is 0. The summed E-state index contributed by atoms with van der Waals surface area (Å²) in [5.74, 6) is -1.16. The smallest absolute Gasteiger partial charge is 0.186 e. The molecule has 0 N–H and O–H groups in total. The third-order valence-corrected chi connectivity index (χ3v) is 7.44. The predicted molar refractivity (Wildman–Crippen MR) is 113 cm³/mol. The first kappa shape index (κ1) is 17.8. The minimum atomic E-state index is -0.601. The molecule has 0 bridgehead atoms. The van der Waals surface area contributed by atoms with Crippen LogP contribution in [0.2, 0.25) is 0 Å². The SMILES string of the molecule is Cc1ccc2sc(N3CCN(c4nc5c(F)cc(F)cc5s4)CC3)nc2c1C. The van der Waals surface area contributed by atoms with Gasteiger partial charge in [-0.25, -0.2) is 18.7 Å². The van der Waals surface area contributed by atoms with Crippen molar-refractivity contribution in [2.75, 3.05) is 36.0 Å². The molecule has 1 saturated heterocycles. The highest BCUT2D eigenvalue weighted by Crippen LogP contribution is 2.34. The fourth-order valence-corrected chi connectivity index (χ4v) is 5.65. The Bertz CT molecular complexity index is 1180. The van der Waals surface area contributed by atoms with Gasteiger partial charge in [0, 0.05) is 32.2 Å². The lowest BCUT2D eigenvalue weighted by atomic mass is 10.1. The topological polar surface area (TPSA) is 32.3 Å². The van der Waals surface area contributed by atoms with Crippen molar-refractivity contribution in [1.82, 2.24) is 9.97 Å². The summed E-state index contributed by atoms with van der Waals surface area (Å²) in [7, 11) is 0. The number of anilines is 2. The highest BCUT2D eigenvalue weighted by molar-refractivity contribution is 7.22. The van der Waals surface area contributed by atoms with Gasteiger partial charge in [0.2, 0.25) is 0 Å². The molecule has 1 aliphatic heterocycles. The molecule has 2 aromatic heterocycles. The predicted octanol–water partition coefficient (Wildman–Crippen LogP) is 5.13. The number of benzene rings is 2. The van der Waals surface area contributed by atoms with Gasteiger partial charge in [-0.1, -0.05) is 28.7 Å². The Morgan fingerprint density at radius 1 is 0.821 bits per heavy atom. The zero-order chi connectivity index (χ0) is 19.4. The van der Waals surface area contributed by atoms with Crippen molar-refractivity contribution in [3.8, 4) is 0 Å². The number of thiazole rings is 2. The lowest BCUT2D eigenvalue weighted by molar-refractivity contribution is 0.591. The van der Waals surface area contributed by atoms with E-state index in [0.29, 0.717) is 4.70 Å². The van der Waals surface area contributed by atoms with Crippen LogP contribution in [0.25, 0.3) is 20.4 Å². The van der Waals surface area contributed by atoms with Gasteiger partial charge in [-0.3, -0.25) is 0 Å². The molecule has 1 fully saturated rings. The molecule has 1 aliphatic rings. The second kappa shape index (κ2) is 6.63. The van der Waals surface area contributed by atoms with Crippen molar-refractivity contribution in [3.63, 3.8) is 0 Å². The second-order valence-corrected chi connectivity index (χ2v) is 9.07. The van der Waals surface area contributed by atoms with Gasteiger partial charge in [0.1, 0.15) is 11.3 Å². The van der Waals surface area contributed by atoms with Gasteiger partial charge in [-0.05, 0) is 37.1 Å². The quantitative estimate of drug-likeness (QED) is 0.454. The highest BCUT2D eigenvalue weighted by Gasteiger charge is 2.23. The molecule has 0 atom stereocenters. The molecule has 2 aromatic carbocycles. The van der Waals surface area contributed by atoms with E-state index in [4.69, 9.17) is 4.98 Å². The Kier molecular flexibility index (Phi) is 4.21. The summed E-state index contributed by atoms with van der Waals surface area (Å²) in [5, 5.41) is 1.79. The van der Waals surface area contributed by atoms with E-state index >= 15 is 0 Å². The van der Waals surface area contributed by atoms with Gasteiger partial charge in [-0.2, -0.15) is 0 Å². The van der Waals surface area contributed by atoms with Crippen molar-refractivity contribution < 1.29 is 8.78 Å². The van der Waals surface area contributed by atoms with E-state index in [-0.39, 0.29) is 5.52 Å². The number of aromatic nitrogens is 2. The van der Waals surface area contributed by atoms with E-state index < -0.39 is 11.6 Å². The van der Waals surface area contributed by atoms with E-state index in [0.717, 1.165) is 48.0 Å². The Morgan fingerprint density at radius 2 is 1.43 bits per heavy atom. The minimum Gasteiger partial charge on any atom is -0.345 e. The van der Waals surface area contributed by atoms with Crippen LogP contribution < -0.4 is 9.80 Å². The first-order valence-corrected chi connectivity index (χ1v) is 10.7. The normalized spacial score (nSPS) is 15.1. The molecule has 5 rings (SSSR count). The first-order chi connectivity index (χ1) is 13.5. The molecule has 0 spiro atoms. The van der Waals surface area contributed by atoms with Gasteiger partial charge in [0.15, 0.2) is 16.1 Å². The van der Waals surface area contributed by atoms with Crippen molar-refractivity contribution in [2.24, 2.45) is 0 Å². The zero-order valence-electron chi connectivity index (χ0n) is 15.5. The molecule has 4 aromatic rings. The van der Waals surface area contributed by atoms with Crippen LogP contribution in [0, 0.1) is 25.5 Å². The van der Waals surface area contributed by atoms with Gasteiger partial charge in [-0.15, -0.1) is 0 Å². The summed E-state index contributed by atoms with van der Waals surface area (Å²) in [5.41, 5.74) is 3.84. The summed E-state index contributed by atoms with van der Waals surface area (Å²) < 4.78 is 29.1. The standard InChI is InChI=1S/C20H18F2N4S2/c1-11-3-4-15-17(12(11)2)23-19(27-15)25-5-7-26(8-6-25)20-24-18-14(22)9-13(21)10-16(18)28-20/h3-4,9-10H,5-8H2,1-2H3. The number of nitrogens with zero attached hydrogens (tertiary/aromatic N) is 4. The molecular weight excluding hydrogens is 398 g/mol. The Labute approximate surface area is 169 Å².